The van der Waals surface area contributed by atoms with Gasteiger partial charge in [0.25, 0.3) is 0 Å². The molecule has 0 bridgehead atoms. The largest absolute Gasteiger partial charge is 0.493 e. The van der Waals surface area contributed by atoms with Crippen LogP contribution < -0.4 is 4.74 Å². The summed E-state index contributed by atoms with van der Waals surface area (Å²) in [5, 5.41) is 13.0. The number of aryl methyl sites for hydroxylation is 1. The van der Waals surface area contributed by atoms with Gasteiger partial charge in [-0.15, -0.1) is 5.10 Å². The molecule has 1 aliphatic carbocycles. The topological polar surface area (TPSA) is 52.8 Å². The van der Waals surface area contributed by atoms with E-state index >= 15 is 0 Å². The van der Waals surface area contributed by atoms with E-state index in [4.69, 9.17) is 4.74 Å². The molecule has 6 heteroatoms. The predicted octanol–water partition coefficient (Wildman–Crippen LogP) is 3.52. The van der Waals surface area contributed by atoms with Gasteiger partial charge < -0.3 is 4.74 Å². The molecule has 22 heavy (non-hydrogen) atoms. The Labute approximate surface area is 135 Å². The number of hydrogen-bond acceptors (Lipinski definition) is 5. The standard InChI is InChI=1S/C16H22N4OS/c1-2-13-6-5-9-15(12-13)21-10-11-22-16-17-18-19-20(16)14-7-3-4-8-14/h5-6,9,12,14H,2-4,7-8,10-11H2,1H3. The first kappa shape index (κ1) is 15.3. The van der Waals surface area contributed by atoms with Gasteiger partial charge in [0.1, 0.15) is 5.75 Å². The van der Waals surface area contributed by atoms with Crippen molar-refractivity contribution in [3.63, 3.8) is 0 Å². The van der Waals surface area contributed by atoms with Crippen LogP contribution >= 0.6 is 11.8 Å². The molecule has 0 N–H and O–H groups in total. The first-order valence-corrected chi connectivity index (χ1v) is 8.98. The Bertz CT molecular complexity index is 595. The van der Waals surface area contributed by atoms with Crippen LogP contribution in [0.3, 0.4) is 0 Å². The van der Waals surface area contributed by atoms with Gasteiger partial charge in [-0.05, 0) is 47.4 Å². The van der Waals surface area contributed by atoms with Crippen molar-refractivity contribution in [2.75, 3.05) is 12.4 Å². The highest BCUT2D eigenvalue weighted by molar-refractivity contribution is 7.99. The number of aromatic nitrogens is 4. The second-order valence-electron chi connectivity index (χ2n) is 5.54. The van der Waals surface area contributed by atoms with Crippen molar-refractivity contribution in [2.45, 2.75) is 50.2 Å². The average Bonchev–Trinajstić information content (AvgIpc) is 3.22. The molecule has 1 aromatic carbocycles. The summed E-state index contributed by atoms with van der Waals surface area (Å²) in [6, 6.07) is 8.76. The summed E-state index contributed by atoms with van der Waals surface area (Å²) in [6.45, 7) is 2.81. The molecule has 0 amide bonds. The normalized spacial score (nSPS) is 15.3. The van der Waals surface area contributed by atoms with Gasteiger partial charge in [0, 0.05) is 5.75 Å². The smallest absolute Gasteiger partial charge is 0.209 e. The molecule has 0 unspecified atom stereocenters. The van der Waals surface area contributed by atoms with Crippen molar-refractivity contribution in [1.29, 1.82) is 0 Å². The maximum Gasteiger partial charge on any atom is 0.209 e. The van der Waals surface area contributed by atoms with E-state index in [1.54, 1.807) is 11.8 Å². The van der Waals surface area contributed by atoms with Gasteiger partial charge in [0.2, 0.25) is 5.16 Å². The van der Waals surface area contributed by atoms with E-state index < -0.39 is 0 Å². The molecule has 0 radical (unpaired) electrons. The van der Waals surface area contributed by atoms with Crippen LogP contribution in [0.15, 0.2) is 29.4 Å². The number of nitrogens with zero attached hydrogens (tertiary/aromatic N) is 4. The lowest BCUT2D eigenvalue weighted by atomic mass is 10.2. The molecule has 5 nitrogen and oxygen atoms in total. The Balaban J connectivity index is 1.48. The number of rotatable bonds is 7. The molecule has 1 fully saturated rings. The molecular formula is C16H22N4OS. The molecule has 0 atom stereocenters. The van der Waals surface area contributed by atoms with Crippen molar-refractivity contribution in [3.8, 4) is 5.75 Å². The fourth-order valence-corrected chi connectivity index (χ4v) is 3.57. The highest BCUT2D eigenvalue weighted by atomic mass is 32.2. The Hall–Kier alpha value is -1.56. The third-order valence-corrected chi connectivity index (χ3v) is 4.92. The van der Waals surface area contributed by atoms with Crippen LogP contribution in [-0.2, 0) is 6.42 Å². The maximum absolute atomic E-state index is 5.81. The Morgan fingerprint density at radius 2 is 2.18 bits per heavy atom. The Morgan fingerprint density at radius 3 is 3.00 bits per heavy atom. The summed E-state index contributed by atoms with van der Waals surface area (Å²) in [6.07, 6.45) is 5.98. The van der Waals surface area contributed by atoms with Crippen LogP contribution in [-0.4, -0.2) is 32.6 Å². The lowest BCUT2D eigenvalue weighted by molar-refractivity contribution is 0.343. The van der Waals surface area contributed by atoms with E-state index in [1.807, 2.05) is 16.8 Å². The minimum Gasteiger partial charge on any atom is -0.493 e. The minimum absolute atomic E-state index is 0.486. The Morgan fingerprint density at radius 1 is 1.32 bits per heavy atom. The first-order chi connectivity index (χ1) is 10.9. The molecule has 0 saturated heterocycles. The van der Waals surface area contributed by atoms with E-state index in [9.17, 15) is 0 Å². The quantitative estimate of drug-likeness (QED) is 0.577. The first-order valence-electron chi connectivity index (χ1n) is 7.99. The average molecular weight is 318 g/mol. The minimum atomic E-state index is 0.486. The Kier molecular flexibility index (Phi) is 5.32. The van der Waals surface area contributed by atoms with E-state index in [2.05, 4.69) is 34.6 Å². The lowest BCUT2D eigenvalue weighted by Gasteiger charge is -2.11. The monoisotopic (exact) mass is 318 g/mol. The zero-order valence-electron chi connectivity index (χ0n) is 12.9. The highest BCUT2D eigenvalue weighted by Crippen LogP contribution is 2.31. The lowest BCUT2D eigenvalue weighted by Crippen LogP contribution is -2.09. The molecule has 1 aromatic heterocycles. The summed E-state index contributed by atoms with van der Waals surface area (Å²) in [4.78, 5) is 0. The molecule has 1 saturated carbocycles. The van der Waals surface area contributed by atoms with E-state index in [-0.39, 0.29) is 0 Å². The van der Waals surface area contributed by atoms with Crippen LogP contribution in [0.2, 0.25) is 0 Å². The molecule has 2 aromatic rings. The van der Waals surface area contributed by atoms with Gasteiger partial charge in [-0.3, -0.25) is 0 Å². The predicted molar refractivity (Wildman–Crippen MR) is 87.4 cm³/mol. The van der Waals surface area contributed by atoms with Crippen LogP contribution in [0.1, 0.15) is 44.2 Å². The highest BCUT2D eigenvalue weighted by Gasteiger charge is 2.21. The van der Waals surface area contributed by atoms with E-state index in [0.717, 1.165) is 23.1 Å². The van der Waals surface area contributed by atoms with Crippen LogP contribution in [0, 0.1) is 0 Å². The third kappa shape index (κ3) is 3.80. The number of hydrogen-bond donors (Lipinski definition) is 0. The molecule has 1 aliphatic rings. The van der Waals surface area contributed by atoms with Gasteiger partial charge in [-0.25, -0.2) is 4.68 Å². The summed E-state index contributed by atoms with van der Waals surface area (Å²) in [7, 11) is 0. The summed E-state index contributed by atoms with van der Waals surface area (Å²) in [5.74, 6) is 1.79. The molecule has 3 rings (SSSR count). The van der Waals surface area contributed by atoms with Crippen molar-refractivity contribution in [1.82, 2.24) is 20.2 Å². The van der Waals surface area contributed by atoms with Gasteiger partial charge in [0.05, 0.1) is 12.6 Å². The number of tetrazole rings is 1. The van der Waals surface area contributed by atoms with Crippen molar-refractivity contribution in [2.24, 2.45) is 0 Å². The number of thioether (sulfide) groups is 1. The van der Waals surface area contributed by atoms with Gasteiger partial charge in [-0.1, -0.05) is 43.7 Å². The SMILES string of the molecule is CCc1cccc(OCCSc2nnnn2C2CCCC2)c1. The van der Waals surface area contributed by atoms with E-state index in [1.165, 1.54) is 31.2 Å². The van der Waals surface area contributed by atoms with Gasteiger partial charge in [-0.2, -0.15) is 0 Å². The van der Waals surface area contributed by atoms with Crippen molar-refractivity contribution >= 4 is 11.8 Å². The zero-order chi connectivity index (χ0) is 15.2. The van der Waals surface area contributed by atoms with E-state index in [0.29, 0.717) is 12.6 Å². The summed E-state index contributed by atoms with van der Waals surface area (Å²) in [5.41, 5.74) is 1.30. The molecular weight excluding hydrogens is 296 g/mol. The fraction of sp³-hybridized carbons (Fsp3) is 0.562. The van der Waals surface area contributed by atoms with Gasteiger partial charge in [0.15, 0.2) is 0 Å². The molecule has 1 heterocycles. The molecule has 0 spiro atoms. The second kappa shape index (κ2) is 7.63. The number of ether oxygens (including phenoxy) is 1. The maximum atomic E-state index is 5.81. The molecule has 0 aliphatic heterocycles. The second-order valence-corrected chi connectivity index (χ2v) is 6.60. The third-order valence-electron chi connectivity index (χ3n) is 4.02. The fourth-order valence-electron chi connectivity index (χ4n) is 2.81. The van der Waals surface area contributed by atoms with Crippen LogP contribution in [0.4, 0.5) is 0 Å². The van der Waals surface area contributed by atoms with Crippen molar-refractivity contribution < 1.29 is 4.74 Å². The summed E-state index contributed by atoms with van der Waals surface area (Å²) >= 11 is 1.67. The van der Waals surface area contributed by atoms with Crippen LogP contribution in [0.5, 0.6) is 5.75 Å². The van der Waals surface area contributed by atoms with Crippen LogP contribution in [0.25, 0.3) is 0 Å². The summed E-state index contributed by atoms with van der Waals surface area (Å²) < 4.78 is 7.81. The zero-order valence-corrected chi connectivity index (χ0v) is 13.8. The molecule has 118 valence electrons. The van der Waals surface area contributed by atoms with Gasteiger partial charge >= 0.3 is 0 Å². The van der Waals surface area contributed by atoms with Crippen molar-refractivity contribution in [3.05, 3.63) is 29.8 Å². The number of benzene rings is 1.